The van der Waals surface area contributed by atoms with Crippen molar-refractivity contribution < 1.29 is 9.53 Å². The predicted molar refractivity (Wildman–Crippen MR) is 105 cm³/mol. The molecule has 1 N–H and O–H groups in total. The van der Waals surface area contributed by atoms with Crippen molar-refractivity contribution in [3.05, 3.63) is 58.7 Å². The maximum absolute atomic E-state index is 12.5. The normalized spacial score (nSPS) is 11.0. The van der Waals surface area contributed by atoms with Crippen molar-refractivity contribution in [3.63, 3.8) is 0 Å². The minimum absolute atomic E-state index is 0.00958. The summed E-state index contributed by atoms with van der Waals surface area (Å²) in [5.41, 5.74) is 5.33. The fraction of sp³-hybridized carbons (Fsp3) is 0.409. The number of hydrogen-bond acceptors (Lipinski definition) is 2. The first-order valence-electron chi connectivity index (χ1n) is 8.93. The zero-order valence-electron chi connectivity index (χ0n) is 16.1. The Hall–Kier alpha value is -2.29. The van der Waals surface area contributed by atoms with Gasteiger partial charge in [-0.25, -0.2) is 0 Å². The van der Waals surface area contributed by atoms with Gasteiger partial charge in [-0.1, -0.05) is 64.1 Å². The largest absolute Gasteiger partial charge is 0.483 e. The summed E-state index contributed by atoms with van der Waals surface area (Å²) in [4.78, 5) is 12.5. The van der Waals surface area contributed by atoms with Crippen LogP contribution in [0.5, 0.6) is 5.75 Å². The van der Waals surface area contributed by atoms with Gasteiger partial charge in [-0.2, -0.15) is 0 Å². The van der Waals surface area contributed by atoms with Crippen LogP contribution in [0, 0.1) is 13.8 Å². The number of amides is 1. The first-order valence-corrected chi connectivity index (χ1v) is 8.93. The van der Waals surface area contributed by atoms with E-state index in [1.54, 1.807) is 0 Å². The predicted octanol–water partition coefficient (Wildman–Crippen LogP) is 5.57. The van der Waals surface area contributed by atoms with Gasteiger partial charge >= 0.3 is 0 Å². The van der Waals surface area contributed by atoms with Crippen LogP contribution in [0.15, 0.2) is 36.4 Å². The third-order valence-corrected chi connectivity index (χ3v) is 4.39. The average molecular weight is 339 g/mol. The van der Waals surface area contributed by atoms with E-state index in [1.165, 1.54) is 0 Å². The first kappa shape index (κ1) is 19.0. The monoisotopic (exact) mass is 339 g/mol. The molecule has 0 radical (unpaired) electrons. The van der Waals surface area contributed by atoms with Crippen LogP contribution in [0.1, 0.15) is 61.8 Å². The molecule has 0 saturated heterocycles. The van der Waals surface area contributed by atoms with E-state index in [4.69, 9.17) is 4.74 Å². The number of rotatable bonds is 6. The lowest BCUT2D eigenvalue weighted by Crippen LogP contribution is -2.22. The number of carbonyl (C=O) groups is 1. The average Bonchev–Trinajstić information content (AvgIpc) is 2.54. The zero-order valence-corrected chi connectivity index (χ0v) is 16.1. The molecule has 0 unspecified atom stereocenters. The quantitative estimate of drug-likeness (QED) is 0.747. The van der Waals surface area contributed by atoms with Gasteiger partial charge in [0.1, 0.15) is 5.75 Å². The lowest BCUT2D eigenvalue weighted by molar-refractivity contribution is -0.118. The number of benzene rings is 2. The Morgan fingerprint density at radius 1 is 0.920 bits per heavy atom. The van der Waals surface area contributed by atoms with Crippen LogP contribution in [0.2, 0.25) is 0 Å². The van der Waals surface area contributed by atoms with Gasteiger partial charge in [0.2, 0.25) is 0 Å². The number of anilines is 1. The van der Waals surface area contributed by atoms with Crippen molar-refractivity contribution in [1.82, 2.24) is 0 Å². The molecule has 1 amide bonds. The lowest BCUT2D eigenvalue weighted by atomic mass is 9.92. The van der Waals surface area contributed by atoms with E-state index >= 15 is 0 Å². The van der Waals surface area contributed by atoms with Gasteiger partial charge in [-0.3, -0.25) is 4.79 Å². The molecule has 3 nitrogen and oxygen atoms in total. The van der Waals surface area contributed by atoms with Crippen LogP contribution in [-0.2, 0) is 4.79 Å². The van der Waals surface area contributed by atoms with Gasteiger partial charge in [-0.05, 0) is 47.9 Å². The van der Waals surface area contributed by atoms with Crippen LogP contribution in [-0.4, -0.2) is 12.5 Å². The summed E-state index contributed by atoms with van der Waals surface area (Å²) in [7, 11) is 0. The van der Waals surface area contributed by atoms with Gasteiger partial charge in [0.15, 0.2) is 6.61 Å². The zero-order chi connectivity index (χ0) is 18.6. The van der Waals surface area contributed by atoms with Crippen LogP contribution >= 0.6 is 0 Å². The Morgan fingerprint density at radius 2 is 1.40 bits per heavy atom. The summed E-state index contributed by atoms with van der Waals surface area (Å²) in [6.45, 7) is 12.6. The Morgan fingerprint density at radius 3 is 1.88 bits per heavy atom. The van der Waals surface area contributed by atoms with Crippen LogP contribution < -0.4 is 10.1 Å². The van der Waals surface area contributed by atoms with Crippen molar-refractivity contribution in [2.45, 2.75) is 53.4 Å². The van der Waals surface area contributed by atoms with E-state index in [9.17, 15) is 4.79 Å². The number of nitrogens with one attached hydrogen (secondary N) is 1. The molecular formula is C22H29NO2. The summed E-state index contributed by atoms with van der Waals surface area (Å²) in [5.74, 6) is 1.35. The maximum Gasteiger partial charge on any atom is 0.262 e. The van der Waals surface area contributed by atoms with Crippen LogP contribution in [0.3, 0.4) is 0 Å². The van der Waals surface area contributed by atoms with Crippen molar-refractivity contribution >= 4 is 11.6 Å². The van der Waals surface area contributed by atoms with Gasteiger partial charge in [0, 0.05) is 5.69 Å². The lowest BCUT2D eigenvalue weighted by Gasteiger charge is -2.20. The molecule has 2 rings (SSSR count). The number of aryl methyl sites for hydroxylation is 2. The Bertz CT molecular complexity index is 701. The molecular weight excluding hydrogens is 310 g/mol. The molecule has 0 aliphatic rings. The Labute approximate surface area is 151 Å². The molecule has 0 aliphatic heterocycles. The molecule has 2 aromatic rings. The standard InChI is InChI=1S/C22H29NO2/c1-14(2)18-11-8-12-19(15(3)4)21(18)23-20(24)13-25-22-16(5)9-7-10-17(22)6/h7-12,14-15H,13H2,1-6H3,(H,23,24). The molecule has 0 atom stereocenters. The van der Waals surface area contributed by atoms with Crippen molar-refractivity contribution in [2.24, 2.45) is 0 Å². The Balaban J connectivity index is 2.18. The van der Waals surface area contributed by atoms with Crippen molar-refractivity contribution in [2.75, 3.05) is 11.9 Å². The van der Waals surface area contributed by atoms with Crippen LogP contribution in [0.4, 0.5) is 5.69 Å². The number of hydrogen-bond donors (Lipinski definition) is 1. The molecule has 2 aromatic carbocycles. The third kappa shape index (κ3) is 4.62. The molecule has 0 aliphatic carbocycles. The molecule has 3 heteroatoms. The first-order chi connectivity index (χ1) is 11.8. The number of carbonyl (C=O) groups excluding carboxylic acids is 1. The van der Waals surface area contributed by atoms with E-state index in [0.717, 1.165) is 33.7 Å². The van der Waals surface area contributed by atoms with E-state index in [1.807, 2.05) is 32.0 Å². The summed E-state index contributed by atoms with van der Waals surface area (Å²) in [6, 6.07) is 12.2. The number of para-hydroxylation sites is 2. The highest BCUT2D eigenvalue weighted by Gasteiger charge is 2.16. The summed E-state index contributed by atoms with van der Waals surface area (Å²) in [6.07, 6.45) is 0. The van der Waals surface area contributed by atoms with Gasteiger partial charge in [0.05, 0.1) is 0 Å². The molecule has 0 fully saturated rings. The topological polar surface area (TPSA) is 38.3 Å². The molecule has 0 bridgehead atoms. The third-order valence-electron chi connectivity index (χ3n) is 4.39. The van der Waals surface area contributed by atoms with E-state index in [0.29, 0.717) is 11.8 Å². The molecule has 0 heterocycles. The molecule has 0 saturated carbocycles. The van der Waals surface area contributed by atoms with E-state index < -0.39 is 0 Å². The molecule has 134 valence electrons. The van der Waals surface area contributed by atoms with Gasteiger partial charge in [-0.15, -0.1) is 0 Å². The van der Waals surface area contributed by atoms with Gasteiger partial charge in [0.25, 0.3) is 5.91 Å². The fourth-order valence-corrected chi connectivity index (χ4v) is 3.04. The highest BCUT2D eigenvalue weighted by Crippen LogP contribution is 2.32. The Kier molecular flexibility index (Phi) is 6.24. The fourth-order valence-electron chi connectivity index (χ4n) is 3.04. The van der Waals surface area contributed by atoms with Crippen molar-refractivity contribution in [3.8, 4) is 5.75 Å². The van der Waals surface area contributed by atoms with Crippen LogP contribution in [0.25, 0.3) is 0 Å². The smallest absolute Gasteiger partial charge is 0.262 e. The highest BCUT2D eigenvalue weighted by atomic mass is 16.5. The summed E-state index contributed by atoms with van der Waals surface area (Å²) in [5, 5.41) is 3.09. The van der Waals surface area contributed by atoms with E-state index in [2.05, 4.69) is 51.2 Å². The molecule has 25 heavy (non-hydrogen) atoms. The second-order valence-electron chi connectivity index (χ2n) is 7.18. The summed E-state index contributed by atoms with van der Waals surface area (Å²) >= 11 is 0. The maximum atomic E-state index is 12.5. The molecule has 0 aromatic heterocycles. The van der Waals surface area contributed by atoms with Gasteiger partial charge < -0.3 is 10.1 Å². The minimum Gasteiger partial charge on any atom is -0.483 e. The van der Waals surface area contributed by atoms with Crippen molar-refractivity contribution in [1.29, 1.82) is 0 Å². The van der Waals surface area contributed by atoms with E-state index in [-0.39, 0.29) is 12.5 Å². The molecule has 0 spiro atoms. The summed E-state index contributed by atoms with van der Waals surface area (Å²) < 4.78 is 5.79. The second-order valence-corrected chi connectivity index (χ2v) is 7.18. The number of ether oxygens (including phenoxy) is 1. The highest BCUT2D eigenvalue weighted by molar-refractivity contribution is 5.93. The SMILES string of the molecule is Cc1cccc(C)c1OCC(=O)Nc1c(C(C)C)cccc1C(C)C. The second kappa shape index (κ2) is 8.19. The minimum atomic E-state index is -0.127.